The maximum atomic E-state index is 12.6. The molecule has 1 aliphatic rings. The predicted octanol–water partition coefficient (Wildman–Crippen LogP) is 2.65. The molecule has 1 fully saturated rings. The minimum atomic E-state index is -1.01. The molecule has 1 heterocycles. The topological polar surface area (TPSA) is 49.4 Å². The van der Waals surface area contributed by atoms with Crippen LogP contribution in [-0.4, -0.2) is 29.8 Å². The molecule has 4 heteroatoms. The van der Waals surface area contributed by atoms with Gasteiger partial charge in [-0.05, 0) is 45.6 Å². The van der Waals surface area contributed by atoms with Crippen LogP contribution in [0.3, 0.4) is 0 Å². The van der Waals surface area contributed by atoms with E-state index in [9.17, 15) is 9.59 Å². The van der Waals surface area contributed by atoms with Crippen molar-refractivity contribution in [3.63, 3.8) is 0 Å². The van der Waals surface area contributed by atoms with Crippen LogP contribution in [0, 0.1) is 12.3 Å². The van der Waals surface area contributed by atoms with Crippen molar-refractivity contribution in [2.45, 2.75) is 46.6 Å². The van der Waals surface area contributed by atoms with E-state index in [0.29, 0.717) is 6.54 Å². The maximum Gasteiger partial charge on any atom is 0.237 e. The Morgan fingerprint density at radius 1 is 1.09 bits per heavy atom. The van der Waals surface area contributed by atoms with Gasteiger partial charge in [0.2, 0.25) is 11.8 Å². The van der Waals surface area contributed by atoms with Gasteiger partial charge in [-0.2, -0.15) is 0 Å². The van der Waals surface area contributed by atoms with Crippen LogP contribution in [0.5, 0.6) is 0 Å². The fourth-order valence-corrected chi connectivity index (χ4v) is 2.70. The Morgan fingerprint density at radius 2 is 1.68 bits per heavy atom. The summed E-state index contributed by atoms with van der Waals surface area (Å²) in [6, 6.07) is 8.03. The first-order valence-corrected chi connectivity index (χ1v) is 8.04. The molecule has 0 bridgehead atoms. The molecular weight excluding hydrogens is 276 g/mol. The lowest BCUT2D eigenvalue weighted by atomic mass is 9.89. The van der Waals surface area contributed by atoms with Gasteiger partial charge in [0.25, 0.3) is 0 Å². The van der Waals surface area contributed by atoms with Gasteiger partial charge in [0.05, 0.1) is 0 Å². The van der Waals surface area contributed by atoms with Crippen LogP contribution in [0.15, 0.2) is 24.3 Å². The average molecular weight is 302 g/mol. The molecule has 0 aliphatic carbocycles. The first-order valence-electron chi connectivity index (χ1n) is 8.04. The van der Waals surface area contributed by atoms with Crippen molar-refractivity contribution in [1.82, 2.24) is 10.2 Å². The number of amides is 2. The van der Waals surface area contributed by atoms with Crippen LogP contribution in [0.25, 0.3) is 0 Å². The highest BCUT2D eigenvalue weighted by atomic mass is 16.2. The molecule has 4 nitrogen and oxygen atoms in total. The molecule has 22 heavy (non-hydrogen) atoms. The van der Waals surface area contributed by atoms with Crippen molar-refractivity contribution >= 4 is 11.8 Å². The van der Waals surface area contributed by atoms with Crippen LogP contribution in [0.2, 0.25) is 0 Å². The number of nitrogens with zero attached hydrogens (tertiary/aromatic N) is 1. The molecule has 2 rings (SSSR count). The van der Waals surface area contributed by atoms with Crippen molar-refractivity contribution < 1.29 is 9.59 Å². The number of hydrogen-bond donors (Lipinski definition) is 1. The SMILES string of the molecule is Cc1ccc(CNC(=O)C(C)(C)C(=O)N2CCCCC2)cc1. The van der Waals surface area contributed by atoms with Crippen LogP contribution in [0.4, 0.5) is 0 Å². The molecule has 1 N–H and O–H groups in total. The molecule has 0 atom stereocenters. The van der Waals surface area contributed by atoms with Gasteiger partial charge in [0.1, 0.15) is 5.41 Å². The summed E-state index contributed by atoms with van der Waals surface area (Å²) >= 11 is 0. The first-order chi connectivity index (χ1) is 10.4. The van der Waals surface area contributed by atoms with Crippen LogP contribution in [-0.2, 0) is 16.1 Å². The second-order valence-corrected chi connectivity index (χ2v) is 6.65. The zero-order valence-electron chi connectivity index (χ0n) is 13.8. The van der Waals surface area contributed by atoms with E-state index in [1.807, 2.05) is 36.1 Å². The van der Waals surface area contributed by atoms with Gasteiger partial charge >= 0.3 is 0 Å². The third-order valence-electron chi connectivity index (χ3n) is 4.32. The smallest absolute Gasteiger partial charge is 0.237 e. The molecule has 0 radical (unpaired) electrons. The van der Waals surface area contributed by atoms with E-state index in [4.69, 9.17) is 0 Å². The molecule has 0 saturated carbocycles. The van der Waals surface area contributed by atoms with E-state index >= 15 is 0 Å². The molecule has 1 aromatic carbocycles. The molecule has 0 aromatic heterocycles. The normalized spacial score (nSPS) is 15.5. The largest absolute Gasteiger partial charge is 0.351 e. The summed E-state index contributed by atoms with van der Waals surface area (Å²) in [4.78, 5) is 26.8. The Bertz CT molecular complexity index is 529. The number of aryl methyl sites for hydroxylation is 1. The van der Waals surface area contributed by atoms with Gasteiger partial charge in [0, 0.05) is 19.6 Å². The standard InChI is InChI=1S/C18H26N2O2/c1-14-7-9-15(10-8-14)13-19-16(21)18(2,3)17(22)20-11-5-4-6-12-20/h7-10H,4-6,11-13H2,1-3H3,(H,19,21). The van der Waals surface area contributed by atoms with Gasteiger partial charge in [-0.1, -0.05) is 29.8 Å². The summed E-state index contributed by atoms with van der Waals surface area (Å²) in [5.41, 5.74) is 1.22. The van der Waals surface area contributed by atoms with E-state index < -0.39 is 5.41 Å². The predicted molar refractivity (Wildman–Crippen MR) is 87.2 cm³/mol. The Balaban J connectivity index is 1.94. The summed E-state index contributed by atoms with van der Waals surface area (Å²) in [7, 11) is 0. The number of carbonyl (C=O) groups is 2. The lowest BCUT2D eigenvalue weighted by Gasteiger charge is -2.33. The Labute approximate surface area is 132 Å². The number of likely N-dealkylation sites (tertiary alicyclic amines) is 1. The Kier molecular flexibility index (Phi) is 5.22. The highest BCUT2D eigenvalue weighted by Crippen LogP contribution is 2.22. The highest BCUT2D eigenvalue weighted by Gasteiger charge is 2.39. The summed E-state index contributed by atoms with van der Waals surface area (Å²) in [5.74, 6) is -0.266. The molecule has 1 aromatic rings. The zero-order valence-corrected chi connectivity index (χ0v) is 13.8. The van der Waals surface area contributed by atoms with Crippen molar-refractivity contribution in [1.29, 1.82) is 0 Å². The number of rotatable bonds is 4. The number of benzene rings is 1. The van der Waals surface area contributed by atoms with Crippen molar-refractivity contribution in [3.8, 4) is 0 Å². The van der Waals surface area contributed by atoms with E-state index in [1.165, 1.54) is 12.0 Å². The second kappa shape index (κ2) is 6.95. The second-order valence-electron chi connectivity index (χ2n) is 6.65. The monoisotopic (exact) mass is 302 g/mol. The number of nitrogens with one attached hydrogen (secondary N) is 1. The summed E-state index contributed by atoms with van der Waals surface area (Å²) < 4.78 is 0. The van der Waals surface area contributed by atoms with E-state index in [0.717, 1.165) is 31.5 Å². The van der Waals surface area contributed by atoms with Crippen molar-refractivity contribution in [2.75, 3.05) is 13.1 Å². The molecule has 1 saturated heterocycles. The van der Waals surface area contributed by atoms with Crippen LogP contribution >= 0.6 is 0 Å². The molecule has 1 aliphatic heterocycles. The number of carbonyl (C=O) groups excluding carboxylic acids is 2. The van der Waals surface area contributed by atoms with Crippen LogP contribution in [0.1, 0.15) is 44.2 Å². The van der Waals surface area contributed by atoms with Gasteiger partial charge in [-0.25, -0.2) is 0 Å². The highest BCUT2D eigenvalue weighted by molar-refractivity contribution is 6.04. The van der Waals surface area contributed by atoms with Crippen molar-refractivity contribution in [2.24, 2.45) is 5.41 Å². The van der Waals surface area contributed by atoms with Gasteiger partial charge in [-0.15, -0.1) is 0 Å². The number of piperidine rings is 1. The van der Waals surface area contributed by atoms with E-state index in [-0.39, 0.29) is 11.8 Å². The fraction of sp³-hybridized carbons (Fsp3) is 0.556. The summed E-state index contributed by atoms with van der Waals surface area (Å²) in [6.45, 7) is 7.46. The minimum Gasteiger partial charge on any atom is -0.351 e. The fourth-order valence-electron chi connectivity index (χ4n) is 2.70. The minimum absolute atomic E-state index is 0.0615. The molecule has 0 unspecified atom stereocenters. The molecule has 120 valence electrons. The van der Waals surface area contributed by atoms with Crippen molar-refractivity contribution in [3.05, 3.63) is 35.4 Å². The van der Waals surface area contributed by atoms with Crippen LogP contribution < -0.4 is 5.32 Å². The Hall–Kier alpha value is -1.84. The number of hydrogen-bond acceptors (Lipinski definition) is 2. The third-order valence-corrected chi connectivity index (χ3v) is 4.32. The quantitative estimate of drug-likeness (QED) is 0.869. The van der Waals surface area contributed by atoms with E-state index in [1.54, 1.807) is 13.8 Å². The summed E-state index contributed by atoms with van der Waals surface area (Å²) in [6.07, 6.45) is 3.24. The van der Waals surface area contributed by atoms with Gasteiger partial charge in [-0.3, -0.25) is 9.59 Å². The van der Waals surface area contributed by atoms with E-state index in [2.05, 4.69) is 5.32 Å². The first kappa shape index (κ1) is 16.5. The molecule has 0 spiro atoms. The zero-order chi connectivity index (χ0) is 16.2. The summed E-state index contributed by atoms with van der Waals surface area (Å²) in [5, 5.41) is 2.89. The Morgan fingerprint density at radius 3 is 2.27 bits per heavy atom. The molecule has 2 amide bonds. The lowest BCUT2D eigenvalue weighted by molar-refractivity contribution is -0.149. The van der Waals surface area contributed by atoms with Gasteiger partial charge < -0.3 is 10.2 Å². The van der Waals surface area contributed by atoms with Gasteiger partial charge in [0.15, 0.2) is 0 Å². The average Bonchev–Trinajstić information content (AvgIpc) is 2.54. The lowest BCUT2D eigenvalue weighted by Crippen LogP contribution is -2.50. The molecular formula is C18H26N2O2. The maximum absolute atomic E-state index is 12.6. The third kappa shape index (κ3) is 3.87.